The summed E-state index contributed by atoms with van der Waals surface area (Å²) in [6.45, 7) is 3.13. The van der Waals surface area contributed by atoms with E-state index in [1.165, 1.54) is 19.1 Å². The number of carbonyl (C=O) groups excluding carboxylic acids is 1. The molecule has 1 rings (SSSR count). The van der Waals surface area contributed by atoms with Gasteiger partial charge in [0.25, 0.3) is 0 Å². The molecule has 1 aromatic carbocycles. The molecule has 0 saturated carbocycles. The first-order valence-electron chi connectivity index (χ1n) is 5.31. The average Bonchev–Trinajstić information content (AvgIpc) is 2.28. The van der Waals surface area contributed by atoms with Crippen molar-refractivity contribution in [1.82, 2.24) is 4.72 Å². The van der Waals surface area contributed by atoms with Crippen molar-refractivity contribution in [2.45, 2.75) is 24.8 Å². The standard InChI is InChI=1S/C11H14FNO4S/c1-3-17-11(14)8(2)13-18(15,16)10-6-4-5-9(12)7-10/h4-8,13H,3H2,1-2H3. The second-order valence-corrected chi connectivity index (χ2v) is 5.27. The largest absolute Gasteiger partial charge is 0.465 e. The monoisotopic (exact) mass is 275 g/mol. The highest BCUT2D eigenvalue weighted by atomic mass is 32.2. The van der Waals surface area contributed by atoms with Gasteiger partial charge in [0, 0.05) is 0 Å². The van der Waals surface area contributed by atoms with E-state index in [0.717, 1.165) is 12.1 Å². The van der Waals surface area contributed by atoms with Crippen molar-refractivity contribution < 1.29 is 22.3 Å². The van der Waals surface area contributed by atoms with Gasteiger partial charge in [-0.05, 0) is 32.0 Å². The van der Waals surface area contributed by atoms with Crippen molar-refractivity contribution in [3.05, 3.63) is 30.1 Å². The van der Waals surface area contributed by atoms with E-state index in [9.17, 15) is 17.6 Å². The topological polar surface area (TPSA) is 72.5 Å². The van der Waals surface area contributed by atoms with Gasteiger partial charge < -0.3 is 4.74 Å². The Hall–Kier alpha value is -1.47. The summed E-state index contributed by atoms with van der Waals surface area (Å²) in [6, 6.07) is 3.49. The first-order valence-corrected chi connectivity index (χ1v) is 6.79. The van der Waals surface area contributed by atoms with Crippen LogP contribution in [0.1, 0.15) is 13.8 Å². The third-order valence-electron chi connectivity index (χ3n) is 2.08. The molecule has 1 atom stereocenters. The smallest absolute Gasteiger partial charge is 0.323 e. The highest BCUT2D eigenvalue weighted by Gasteiger charge is 2.22. The summed E-state index contributed by atoms with van der Waals surface area (Å²) in [5.41, 5.74) is 0. The predicted octanol–water partition coefficient (Wildman–Crippen LogP) is 1.06. The first kappa shape index (κ1) is 14.6. The van der Waals surface area contributed by atoms with Crippen LogP contribution in [-0.2, 0) is 19.6 Å². The maximum Gasteiger partial charge on any atom is 0.323 e. The Morgan fingerprint density at radius 1 is 1.50 bits per heavy atom. The summed E-state index contributed by atoms with van der Waals surface area (Å²) in [5, 5.41) is 0. The lowest BCUT2D eigenvalue weighted by atomic mass is 10.4. The maximum absolute atomic E-state index is 12.9. The highest BCUT2D eigenvalue weighted by Crippen LogP contribution is 2.11. The fourth-order valence-electron chi connectivity index (χ4n) is 1.25. The van der Waals surface area contributed by atoms with Gasteiger partial charge >= 0.3 is 5.97 Å². The van der Waals surface area contributed by atoms with E-state index in [4.69, 9.17) is 0 Å². The molecule has 0 aromatic heterocycles. The minimum absolute atomic E-state index is 0.158. The molecule has 5 nitrogen and oxygen atoms in total. The van der Waals surface area contributed by atoms with Crippen molar-refractivity contribution in [1.29, 1.82) is 0 Å². The van der Waals surface area contributed by atoms with E-state index < -0.39 is 27.9 Å². The Morgan fingerprint density at radius 2 is 2.17 bits per heavy atom. The molecule has 18 heavy (non-hydrogen) atoms. The molecule has 0 radical (unpaired) electrons. The van der Waals surface area contributed by atoms with Crippen LogP contribution in [0.5, 0.6) is 0 Å². The van der Waals surface area contributed by atoms with Gasteiger partial charge in [-0.25, -0.2) is 12.8 Å². The van der Waals surface area contributed by atoms with Gasteiger partial charge in [0.1, 0.15) is 11.9 Å². The van der Waals surface area contributed by atoms with E-state index in [1.807, 2.05) is 0 Å². The molecule has 0 heterocycles. The Kier molecular flexibility index (Phi) is 4.80. The van der Waals surface area contributed by atoms with E-state index in [2.05, 4.69) is 9.46 Å². The molecule has 0 aliphatic carbocycles. The highest BCUT2D eigenvalue weighted by molar-refractivity contribution is 7.89. The van der Waals surface area contributed by atoms with Gasteiger partial charge in [-0.3, -0.25) is 4.79 Å². The molecular weight excluding hydrogens is 261 g/mol. The number of nitrogens with one attached hydrogen (secondary N) is 1. The van der Waals surface area contributed by atoms with Gasteiger partial charge in [-0.15, -0.1) is 0 Å². The minimum Gasteiger partial charge on any atom is -0.465 e. The van der Waals surface area contributed by atoms with Crippen LogP contribution in [0.25, 0.3) is 0 Å². The minimum atomic E-state index is -3.94. The van der Waals surface area contributed by atoms with Crippen LogP contribution < -0.4 is 4.72 Å². The summed E-state index contributed by atoms with van der Waals surface area (Å²) in [6.07, 6.45) is 0. The van der Waals surface area contributed by atoms with Crippen LogP contribution in [0, 0.1) is 5.82 Å². The molecule has 0 saturated heterocycles. The zero-order valence-electron chi connectivity index (χ0n) is 10.0. The number of benzene rings is 1. The number of hydrogen-bond donors (Lipinski definition) is 1. The van der Waals surface area contributed by atoms with Crippen LogP contribution in [0.3, 0.4) is 0 Å². The molecule has 100 valence electrons. The summed E-state index contributed by atoms with van der Waals surface area (Å²) in [4.78, 5) is 11.1. The van der Waals surface area contributed by atoms with Crippen LogP contribution in [-0.4, -0.2) is 27.0 Å². The summed E-state index contributed by atoms with van der Waals surface area (Å²) >= 11 is 0. The summed E-state index contributed by atoms with van der Waals surface area (Å²) in [5.74, 6) is -1.35. The third kappa shape index (κ3) is 3.78. The second kappa shape index (κ2) is 5.92. The quantitative estimate of drug-likeness (QED) is 0.815. The molecule has 0 bridgehead atoms. The van der Waals surface area contributed by atoms with Crippen LogP contribution in [0.4, 0.5) is 4.39 Å². The van der Waals surface area contributed by atoms with Crippen LogP contribution >= 0.6 is 0 Å². The predicted molar refractivity (Wildman–Crippen MR) is 62.8 cm³/mol. The lowest BCUT2D eigenvalue weighted by molar-refractivity contribution is -0.144. The number of sulfonamides is 1. The Labute approximate surface area is 105 Å². The summed E-state index contributed by atoms with van der Waals surface area (Å²) < 4.78 is 43.4. The Balaban J connectivity index is 2.86. The van der Waals surface area contributed by atoms with E-state index in [0.29, 0.717) is 0 Å². The molecule has 0 amide bonds. The maximum atomic E-state index is 12.9. The van der Waals surface area contributed by atoms with Crippen LogP contribution in [0.15, 0.2) is 29.2 Å². The first-order chi connectivity index (χ1) is 8.36. The van der Waals surface area contributed by atoms with Crippen molar-refractivity contribution in [3.63, 3.8) is 0 Å². The van der Waals surface area contributed by atoms with E-state index in [1.54, 1.807) is 6.92 Å². The van der Waals surface area contributed by atoms with Crippen molar-refractivity contribution in [2.24, 2.45) is 0 Å². The third-order valence-corrected chi connectivity index (χ3v) is 3.62. The van der Waals surface area contributed by atoms with Gasteiger partial charge in [0.2, 0.25) is 10.0 Å². The van der Waals surface area contributed by atoms with Gasteiger partial charge in [0.05, 0.1) is 11.5 Å². The van der Waals surface area contributed by atoms with Crippen LogP contribution in [0.2, 0.25) is 0 Å². The molecule has 1 N–H and O–H groups in total. The normalized spacial score (nSPS) is 13.1. The second-order valence-electron chi connectivity index (χ2n) is 3.55. The fraction of sp³-hybridized carbons (Fsp3) is 0.364. The van der Waals surface area contributed by atoms with Gasteiger partial charge in [0.15, 0.2) is 0 Å². The molecule has 0 aliphatic heterocycles. The van der Waals surface area contributed by atoms with Crippen molar-refractivity contribution in [2.75, 3.05) is 6.61 Å². The number of rotatable bonds is 5. The Bertz CT molecular complexity index is 530. The molecule has 1 aromatic rings. The number of halogens is 1. The Morgan fingerprint density at radius 3 is 2.72 bits per heavy atom. The van der Waals surface area contributed by atoms with E-state index in [-0.39, 0.29) is 11.5 Å². The molecular formula is C11H14FNO4S. The SMILES string of the molecule is CCOC(=O)C(C)NS(=O)(=O)c1cccc(F)c1. The van der Waals surface area contributed by atoms with Crippen molar-refractivity contribution >= 4 is 16.0 Å². The number of carbonyl (C=O) groups is 1. The molecule has 7 heteroatoms. The average molecular weight is 275 g/mol. The lowest BCUT2D eigenvalue weighted by Crippen LogP contribution is -2.39. The molecule has 0 fully saturated rings. The molecule has 0 spiro atoms. The fourth-order valence-corrected chi connectivity index (χ4v) is 2.47. The van der Waals surface area contributed by atoms with Gasteiger partial charge in [-0.1, -0.05) is 6.07 Å². The number of hydrogen-bond acceptors (Lipinski definition) is 4. The molecule has 1 unspecified atom stereocenters. The number of ether oxygens (including phenoxy) is 1. The van der Waals surface area contributed by atoms with Gasteiger partial charge in [-0.2, -0.15) is 4.72 Å². The molecule has 0 aliphatic rings. The summed E-state index contributed by atoms with van der Waals surface area (Å²) in [7, 11) is -3.94. The zero-order valence-corrected chi connectivity index (χ0v) is 10.8. The van der Waals surface area contributed by atoms with E-state index >= 15 is 0 Å². The van der Waals surface area contributed by atoms with Crippen molar-refractivity contribution in [3.8, 4) is 0 Å². The lowest BCUT2D eigenvalue weighted by Gasteiger charge is -2.12. The zero-order chi connectivity index (χ0) is 13.8. The number of esters is 1.